The van der Waals surface area contributed by atoms with Crippen LogP contribution in [0.25, 0.3) is 0 Å². The third-order valence-corrected chi connectivity index (χ3v) is 4.62. The van der Waals surface area contributed by atoms with Crippen molar-refractivity contribution in [2.24, 2.45) is 17.6 Å². The number of nitrogens with two attached hydrogens (primary N) is 1. The molecule has 1 rings (SSSR count). The molecule has 1 fully saturated rings. The second-order valence-electron chi connectivity index (χ2n) is 6.67. The van der Waals surface area contributed by atoms with E-state index in [1.807, 2.05) is 20.8 Å². The van der Waals surface area contributed by atoms with Crippen molar-refractivity contribution in [3.8, 4) is 0 Å². The Morgan fingerprint density at radius 1 is 1.30 bits per heavy atom. The maximum absolute atomic E-state index is 12.5. The molecule has 1 aliphatic heterocycles. The highest BCUT2D eigenvalue weighted by atomic mass is 16.4. The molecule has 0 aliphatic carbocycles. The second kappa shape index (κ2) is 8.29. The minimum atomic E-state index is -1.05. The lowest BCUT2D eigenvalue weighted by molar-refractivity contribution is -0.145. The van der Waals surface area contributed by atoms with E-state index >= 15 is 0 Å². The van der Waals surface area contributed by atoms with Gasteiger partial charge in [-0.3, -0.25) is 9.59 Å². The Balaban J connectivity index is 2.81. The number of carboxylic acids is 1. The predicted molar refractivity (Wildman–Crippen MR) is 86.6 cm³/mol. The van der Waals surface area contributed by atoms with Crippen LogP contribution < -0.4 is 11.1 Å². The Kier molecular flexibility index (Phi) is 7.00. The Morgan fingerprint density at radius 3 is 2.39 bits per heavy atom. The average molecular weight is 327 g/mol. The summed E-state index contributed by atoms with van der Waals surface area (Å²) >= 11 is 0. The van der Waals surface area contributed by atoms with E-state index in [0.29, 0.717) is 19.4 Å². The van der Waals surface area contributed by atoms with E-state index in [2.05, 4.69) is 5.32 Å². The molecular formula is C16H29N3O4. The van der Waals surface area contributed by atoms with E-state index < -0.39 is 30.0 Å². The number of hydrogen-bond acceptors (Lipinski definition) is 4. The quantitative estimate of drug-likeness (QED) is 0.633. The van der Waals surface area contributed by atoms with Crippen molar-refractivity contribution in [2.75, 3.05) is 6.54 Å². The number of nitrogens with zero attached hydrogens (tertiary/aromatic N) is 1. The van der Waals surface area contributed by atoms with Crippen molar-refractivity contribution in [1.82, 2.24) is 10.2 Å². The van der Waals surface area contributed by atoms with Gasteiger partial charge in [0.25, 0.3) is 0 Å². The molecule has 0 aromatic heterocycles. The number of amides is 2. The van der Waals surface area contributed by atoms with Gasteiger partial charge in [-0.15, -0.1) is 0 Å². The molecule has 4 N–H and O–H groups in total. The minimum absolute atomic E-state index is 0.0151. The number of aliphatic carboxylic acids is 1. The summed E-state index contributed by atoms with van der Waals surface area (Å²) in [6, 6.07) is -2.21. The SMILES string of the molecule is CC[C@H](C)[C@H](NC(=O)[C@@H]1CCCN1C(=O)[C@@H](N)C(C)C)C(=O)O. The first kappa shape index (κ1) is 19.4. The molecular weight excluding hydrogens is 298 g/mol. The zero-order valence-electron chi connectivity index (χ0n) is 14.4. The summed E-state index contributed by atoms with van der Waals surface area (Å²) in [7, 11) is 0. The zero-order chi connectivity index (χ0) is 17.7. The van der Waals surface area contributed by atoms with Crippen LogP contribution in [0.2, 0.25) is 0 Å². The fourth-order valence-corrected chi connectivity index (χ4v) is 2.71. The summed E-state index contributed by atoms with van der Waals surface area (Å²) in [5.74, 6) is -1.89. The van der Waals surface area contributed by atoms with Gasteiger partial charge in [-0.2, -0.15) is 0 Å². The standard InChI is InChI=1S/C16H29N3O4/c1-5-10(4)13(16(22)23)18-14(20)11-7-6-8-19(11)15(21)12(17)9(2)3/h9-13H,5-8,17H2,1-4H3,(H,18,20)(H,22,23)/t10-,11-,12-,13-/m0/s1. The van der Waals surface area contributed by atoms with Gasteiger partial charge in [0.2, 0.25) is 11.8 Å². The van der Waals surface area contributed by atoms with E-state index in [0.717, 1.165) is 6.42 Å². The molecule has 7 heteroatoms. The Labute approximate surface area is 137 Å². The van der Waals surface area contributed by atoms with Crippen molar-refractivity contribution in [3.05, 3.63) is 0 Å². The summed E-state index contributed by atoms with van der Waals surface area (Å²) < 4.78 is 0. The molecule has 0 bridgehead atoms. The van der Waals surface area contributed by atoms with Crippen molar-refractivity contribution in [1.29, 1.82) is 0 Å². The van der Waals surface area contributed by atoms with Crippen LogP contribution >= 0.6 is 0 Å². The number of carbonyl (C=O) groups is 3. The maximum atomic E-state index is 12.5. The number of nitrogens with one attached hydrogen (secondary N) is 1. The molecule has 1 aliphatic rings. The van der Waals surface area contributed by atoms with E-state index in [-0.39, 0.29) is 17.7 Å². The summed E-state index contributed by atoms with van der Waals surface area (Å²) in [6.45, 7) is 7.86. The van der Waals surface area contributed by atoms with Crippen LogP contribution in [0.1, 0.15) is 47.0 Å². The molecule has 0 aromatic rings. The van der Waals surface area contributed by atoms with E-state index in [1.54, 1.807) is 6.92 Å². The molecule has 0 saturated carbocycles. The smallest absolute Gasteiger partial charge is 0.326 e. The molecule has 2 amide bonds. The van der Waals surface area contributed by atoms with E-state index in [4.69, 9.17) is 5.73 Å². The zero-order valence-corrected chi connectivity index (χ0v) is 14.4. The Bertz CT molecular complexity index is 453. The minimum Gasteiger partial charge on any atom is -0.480 e. The van der Waals surface area contributed by atoms with E-state index in [9.17, 15) is 19.5 Å². The fraction of sp³-hybridized carbons (Fsp3) is 0.812. The van der Waals surface area contributed by atoms with Crippen LogP contribution in [0.3, 0.4) is 0 Å². The third kappa shape index (κ3) is 4.67. The monoisotopic (exact) mass is 327 g/mol. The van der Waals surface area contributed by atoms with Crippen LogP contribution in [-0.4, -0.2) is 52.5 Å². The normalized spacial score (nSPS) is 21.8. The van der Waals surface area contributed by atoms with Crippen LogP contribution in [0.4, 0.5) is 0 Å². The topological polar surface area (TPSA) is 113 Å². The van der Waals surface area contributed by atoms with Gasteiger partial charge in [0.05, 0.1) is 6.04 Å². The van der Waals surface area contributed by atoms with Gasteiger partial charge < -0.3 is 21.1 Å². The molecule has 132 valence electrons. The van der Waals surface area contributed by atoms with Crippen LogP contribution in [0.5, 0.6) is 0 Å². The summed E-state index contributed by atoms with van der Waals surface area (Å²) in [5, 5.41) is 11.9. The second-order valence-corrected chi connectivity index (χ2v) is 6.67. The van der Waals surface area contributed by atoms with Gasteiger partial charge in [-0.1, -0.05) is 34.1 Å². The highest BCUT2D eigenvalue weighted by Gasteiger charge is 2.38. The van der Waals surface area contributed by atoms with Gasteiger partial charge in [0.1, 0.15) is 12.1 Å². The van der Waals surface area contributed by atoms with Crippen molar-refractivity contribution >= 4 is 17.8 Å². The molecule has 0 aromatic carbocycles. The van der Waals surface area contributed by atoms with Gasteiger partial charge >= 0.3 is 5.97 Å². The lowest BCUT2D eigenvalue weighted by Crippen LogP contribution is -2.55. The Morgan fingerprint density at radius 2 is 1.91 bits per heavy atom. The average Bonchev–Trinajstić information content (AvgIpc) is 2.99. The lowest BCUT2D eigenvalue weighted by atomic mass is 9.98. The predicted octanol–water partition coefficient (Wildman–Crippen LogP) is 0.576. The number of hydrogen-bond donors (Lipinski definition) is 3. The lowest BCUT2D eigenvalue weighted by Gasteiger charge is -2.29. The maximum Gasteiger partial charge on any atom is 0.326 e. The van der Waals surface area contributed by atoms with Crippen LogP contribution in [0, 0.1) is 11.8 Å². The van der Waals surface area contributed by atoms with Crippen molar-refractivity contribution in [3.63, 3.8) is 0 Å². The van der Waals surface area contributed by atoms with Crippen LogP contribution in [0.15, 0.2) is 0 Å². The van der Waals surface area contributed by atoms with Crippen LogP contribution in [-0.2, 0) is 14.4 Å². The summed E-state index contributed by atoms with van der Waals surface area (Å²) in [6.07, 6.45) is 1.90. The molecule has 0 spiro atoms. The molecule has 0 unspecified atom stereocenters. The molecule has 4 atom stereocenters. The highest BCUT2D eigenvalue weighted by Crippen LogP contribution is 2.20. The number of rotatable bonds is 7. The third-order valence-electron chi connectivity index (χ3n) is 4.62. The summed E-state index contributed by atoms with van der Waals surface area (Å²) in [4.78, 5) is 37.7. The molecule has 7 nitrogen and oxygen atoms in total. The Hall–Kier alpha value is -1.63. The van der Waals surface area contributed by atoms with Gasteiger partial charge in [-0.05, 0) is 24.7 Å². The first-order valence-corrected chi connectivity index (χ1v) is 8.29. The molecule has 1 saturated heterocycles. The first-order chi connectivity index (χ1) is 10.7. The first-order valence-electron chi connectivity index (χ1n) is 8.29. The number of likely N-dealkylation sites (tertiary alicyclic amines) is 1. The van der Waals surface area contributed by atoms with Crippen molar-refractivity contribution in [2.45, 2.75) is 65.1 Å². The van der Waals surface area contributed by atoms with Gasteiger partial charge in [0.15, 0.2) is 0 Å². The molecule has 0 radical (unpaired) electrons. The van der Waals surface area contributed by atoms with Gasteiger partial charge in [0, 0.05) is 6.54 Å². The largest absolute Gasteiger partial charge is 0.480 e. The fourth-order valence-electron chi connectivity index (χ4n) is 2.71. The molecule has 1 heterocycles. The number of carboxylic acid groups (broad SMARTS) is 1. The molecule has 23 heavy (non-hydrogen) atoms. The number of carbonyl (C=O) groups excluding carboxylic acids is 2. The highest BCUT2D eigenvalue weighted by molar-refractivity contribution is 5.92. The van der Waals surface area contributed by atoms with Crippen molar-refractivity contribution < 1.29 is 19.5 Å². The summed E-state index contributed by atoms with van der Waals surface area (Å²) in [5.41, 5.74) is 5.90. The van der Waals surface area contributed by atoms with E-state index in [1.165, 1.54) is 4.90 Å². The van der Waals surface area contributed by atoms with Gasteiger partial charge in [-0.25, -0.2) is 4.79 Å².